The summed E-state index contributed by atoms with van der Waals surface area (Å²) in [6.45, 7) is 3.26. The van der Waals surface area contributed by atoms with Crippen molar-refractivity contribution >= 4 is 21.6 Å². The van der Waals surface area contributed by atoms with Crippen LogP contribution in [0.5, 0.6) is 0 Å². The standard InChI is InChI=1S/C14H21ClN2O3S/c15-14-6-4-13(5-7-14)12-21(18,19)16-20-11-10-17-8-2-1-3-9-17/h4-7,16H,1-3,8-12H2. The van der Waals surface area contributed by atoms with E-state index >= 15 is 0 Å². The lowest BCUT2D eigenvalue weighted by molar-refractivity contribution is 0.0655. The second kappa shape index (κ2) is 8.10. The molecule has 7 heteroatoms. The Bertz CT molecular complexity index is 528. The number of nitrogens with zero attached hydrogens (tertiary/aromatic N) is 1. The Labute approximate surface area is 131 Å². The van der Waals surface area contributed by atoms with E-state index < -0.39 is 10.0 Å². The number of nitrogens with one attached hydrogen (secondary N) is 1. The summed E-state index contributed by atoms with van der Waals surface area (Å²) < 4.78 is 23.7. The molecule has 1 aliphatic rings. The van der Waals surface area contributed by atoms with Crippen molar-refractivity contribution in [2.45, 2.75) is 25.0 Å². The first-order valence-electron chi connectivity index (χ1n) is 7.13. The Morgan fingerprint density at radius 2 is 1.81 bits per heavy atom. The molecule has 118 valence electrons. The number of piperidine rings is 1. The van der Waals surface area contributed by atoms with Crippen molar-refractivity contribution in [3.05, 3.63) is 34.9 Å². The molecule has 21 heavy (non-hydrogen) atoms. The van der Waals surface area contributed by atoms with Gasteiger partial charge < -0.3 is 4.90 Å². The molecule has 0 bridgehead atoms. The van der Waals surface area contributed by atoms with Crippen LogP contribution in [-0.4, -0.2) is 39.6 Å². The summed E-state index contributed by atoms with van der Waals surface area (Å²) in [6, 6.07) is 6.72. The van der Waals surface area contributed by atoms with Gasteiger partial charge in [0.15, 0.2) is 0 Å². The van der Waals surface area contributed by atoms with Gasteiger partial charge in [0, 0.05) is 11.6 Å². The maximum absolute atomic E-state index is 11.9. The fraction of sp³-hybridized carbons (Fsp3) is 0.571. The van der Waals surface area contributed by atoms with Gasteiger partial charge in [-0.25, -0.2) is 8.42 Å². The van der Waals surface area contributed by atoms with Crippen LogP contribution < -0.4 is 4.89 Å². The van der Waals surface area contributed by atoms with Gasteiger partial charge in [0.25, 0.3) is 0 Å². The second-order valence-corrected chi connectivity index (χ2v) is 7.34. The number of hydrogen-bond acceptors (Lipinski definition) is 4. The maximum atomic E-state index is 11.9. The van der Waals surface area contributed by atoms with E-state index in [-0.39, 0.29) is 5.75 Å². The molecule has 1 saturated heterocycles. The van der Waals surface area contributed by atoms with Gasteiger partial charge in [-0.15, -0.1) is 0 Å². The van der Waals surface area contributed by atoms with E-state index in [0.717, 1.165) is 19.6 Å². The summed E-state index contributed by atoms with van der Waals surface area (Å²) in [7, 11) is -3.48. The minimum atomic E-state index is -3.48. The average Bonchev–Trinajstić information content (AvgIpc) is 2.47. The second-order valence-electron chi connectivity index (χ2n) is 5.22. The molecule has 1 aromatic rings. The molecule has 1 aromatic carbocycles. The largest absolute Gasteiger partial charge is 0.301 e. The van der Waals surface area contributed by atoms with Crippen LogP contribution in [0.1, 0.15) is 24.8 Å². The van der Waals surface area contributed by atoms with E-state index in [9.17, 15) is 8.42 Å². The van der Waals surface area contributed by atoms with Crippen molar-refractivity contribution in [2.24, 2.45) is 0 Å². The predicted octanol–water partition coefficient (Wildman–Crippen LogP) is 2.18. The van der Waals surface area contributed by atoms with Crippen LogP contribution in [0.2, 0.25) is 5.02 Å². The lowest BCUT2D eigenvalue weighted by atomic mass is 10.1. The Kier molecular flexibility index (Phi) is 6.44. The van der Waals surface area contributed by atoms with Crippen LogP contribution in [0.4, 0.5) is 0 Å². The molecule has 0 atom stereocenters. The van der Waals surface area contributed by atoms with Crippen LogP contribution in [0, 0.1) is 0 Å². The van der Waals surface area contributed by atoms with Crippen LogP contribution in [0.25, 0.3) is 0 Å². The van der Waals surface area contributed by atoms with Gasteiger partial charge >= 0.3 is 0 Å². The number of benzene rings is 1. The molecule has 0 aromatic heterocycles. The molecule has 1 heterocycles. The highest BCUT2D eigenvalue weighted by Gasteiger charge is 2.13. The topological polar surface area (TPSA) is 58.6 Å². The summed E-state index contributed by atoms with van der Waals surface area (Å²) in [5.74, 6) is -0.117. The Hall–Kier alpha value is -0.660. The molecule has 2 rings (SSSR count). The van der Waals surface area contributed by atoms with Crippen molar-refractivity contribution in [3.8, 4) is 0 Å². The van der Waals surface area contributed by atoms with E-state index in [1.165, 1.54) is 19.3 Å². The van der Waals surface area contributed by atoms with Gasteiger partial charge in [-0.3, -0.25) is 4.84 Å². The molecule has 1 N–H and O–H groups in total. The minimum Gasteiger partial charge on any atom is -0.301 e. The fourth-order valence-electron chi connectivity index (χ4n) is 2.32. The van der Waals surface area contributed by atoms with Crippen molar-refractivity contribution < 1.29 is 13.3 Å². The molecule has 0 unspecified atom stereocenters. The highest BCUT2D eigenvalue weighted by atomic mass is 35.5. The monoisotopic (exact) mass is 332 g/mol. The average molecular weight is 333 g/mol. The zero-order valence-electron chi connectivity index (χ0n) is 11.9. The minimum absolute atomic E-state index is 0.117. The van der Waals surface area contributed by atoms with Gasteiger partial charge in [0.2, 0.25) is 10.0 Å². The first-order valence-corrected chi connectivity index (χ1v) is 9.16. The van der Waals surface area contributed by atoms with Gasteiger partial charge in [-0.05, 0) is 43.6 Å². The van der Waals surface area contributed by atoms with Crippen molar-refractivity contribution in [2.75, 3.05) is 26.2 Å². The molecule has 0 aliphatic carbocycles. The number of sulfonamides is 1. The Balaban J connectivity index is 1.69. The lowest BCUT2D eigenvalue weighted by Gasteiger charge is -2.25. The van der Waals surface area contributed by atoms with Gasteiger partial charge in [0.05, 0.1) is 12.4 Å². The van der Waals surface area contributed by atoms with Crippen LogP contribution in [0.3, 0.4) is 0 Å². The molecular formula is C14H21ClN2O3S. The third-order valence-electron chi connectivity index (χ3n) is 3.41. The molecule has 0 saturated carbocycles. The Morgan fingerprint density at radius 1 is 1.14 bits per heavy atom. The third kappa shape index (κ3) is 6.32. The van der Waals surface area contributed by atoms with Crippen LogP contribution in [-0.2, 0) is 20.6 Å². The first kappa shape index (κ1) is 16.7. The molecule has 1 fully saturated rings. The van der Waals surface area contributed by atoms with E-state index in [1.807, 2.05) is 0 Å². The maximum Gasteiger partial charge on any atom is 0.237 e. The smallest absolute Gasteiger partial charge is 0.237 e. The zero-order chi connectivity index (χ0) is 15.1. The number of likely N-dealkylation sites (tertiary alicyclic amines) is 1. The number of hydrogen-bond donors (Lipinski definition) is 1. The molecule has 5 nitrogen and oxygen atoms in total. The summed E-state index contributed by atoms with van der Waals surface area (Å²) in [6.07, 6.45) is 3.70. The summed E-state index contributed by atoms with van der Waals surface area (Å²) in [5.41, 5.74) is 0.673. The van der Waals surface area contributed by atoms with Crippen molar-refractivity contribution in [3.63, 3.8) is 0 Å². The highest BCUT2D eigenvalue weighted by molar-refractivity contribution is 7.88. The molecular weight excluding hydrogens is 312 g/mol. The highest BCUT2D eigenvalue weighted by Crippen LogP contribution is 2.11. The number of halogens is 1. The summed E-state index contributed by atoms with van der Waals surface area (Å²) in [4.78, 5) is 9.55. The predicted molar refractivity (Wildman–Crippen MR) is 83.5 cm³/mol. The van der Waals surface area contributed by atoms with Gasteiger partial charge in [-0.1, -0.05) is 35.0 Å². The van der Waals surface area contributed by atoms with Crippen LogP contribution >= 0.6 is 11.6 Å². The molecule has 1 aliphatic heterocycles. The lowest BCUT2D eigenvalue weighted by Crippen LogP contribution is -2.35. The normalized spacial score (nSPS) is 17.0. The van der Waals surface area contributed by atoms with E-state index in [0.29, 0.717) is 17.2 Å². The van der Waals surface area contributed by atoms with E-state index in [1.54, 1.807) is 24.3 Å². The van der Waals surface area contributed by atoms with Crippen molar-refractivity contribution in [1.29, 1.82) is 0 Å². The third-order valence-corrected chi connectivity index (χ3v) is 4.75. The van der Waals surface area contributed by atoms with E-state index in [2.05, 4.69) is 9.79 Å². The van der Waals surface area contributed by atoms with E-state index in [4.69, 9.17) is 16.4 Å². The quantitative estimate of drug-likeness (QED) is 0.614. The SMILES string of the molecule is O=S(=O)(Cc1ccc(Cl)cc1)NOCCN1CCCCC1. The molecule has 0 radical (unpaired) electrons. The van der Waals surface area contributed by atoms with Gasteiger partial charge in [0.1, 0.15) is 0 Å². The summed E-state index contributed by atoms with van der Waals surface area (Å²) in [5, 5.41) is 0.585. The molecule has 0 amide bonds. The van der Waals surface area contributed by atoms with Crippen molar-refractivity contribution in [1.82, 2.24) is 9.79 Å². The molecule has 0 spiro atoms. The number of rotatable bonds is 7. The Morgan fingerprint density at radius 3 is 2.48 bits per heavy atom. The zero-order valence-corrected chi connectivity index (χ0v) is 13.5. The first-order chi connectivity index (χ1) is 10.1. The fourth-order valence-corrected chi connectivity index (χ4v) is 3.40. The van der Waals surface area contributed by atoms with Gasteiger partial charge in [-0.2, -0.15) is 0 Å². The summed E-state index contributed by atoms with van der Waals surface area (Å²) >= 11 is 5.76. The van der Waals surface area contributed by atoms with Crippen LogP contribution in [0.15, 0.2) is 24.3 Å².